The van der Waals surface area contributed by atoms with Crippen LogP contribution in [0.1, 0.15) is 35.2 Å². The molecular weight excluding hydrogens is 418 g/mol. The van der Waals surface area contributed by atoms with Gasteiger partial charge in [-0.25, -0.2) is 8.42 Å². The number of piperidine rings is 1. The Morgan fingerprint density at radius 1 is 1.03 bits per heavy atom. The zero-order valence-electron chi connectivity index (χ0n) is 17.7. The highest BCUT2D eigenvalue weighted by Crippen LogP contribution is 2.26. The number of sulfonamides is 1. The summed E-state index contributed by atoms with van der Waals surface area (Å²) < 4.78 is 32.6. The molecule has 1 saturated heterocycles. The second kappa shape index (κ2) is 9.93. The molecule has 0 spiro atoms. The first-order valence-corrected chi connectivity index (χ1v) is 11.6. The van der Waals surface area contributed by atoms with Crippen LogP contribution in [0.4, 0.5) is 5.69 Å². The number of amides is 2. The first kappa shape index (κ1) is 22.8. The van der Waals surface area contributed by atoms with E-state index in [1.165, 1.54) is 17.5 Å². The number of hydrogen-bond donors (Lipinski definition) is 2. The molecule has 3 rings (SSSR count). The van der Waals surface area contributed by atoms with Crippen molar-refractivity contribution in [2.24, 2.45) is 0 Å². The molecule has 0 saturated carbocycles. The van der Waals surface area contributed by atoms with Crippen LogP contribution in [-0.4, -0.2) is 51.3 Å². The third kappa shape index (κ3) is 5.62. The molecular formula is C22H27N3O5S. The van der Waals surface area contributed by atoms with Crippen LogP contribution in [0.25, 0.3) is 0 Å². The molecule has 0 unspecified atom stereocenters. The molecule has 166 valence electrons. The third-order valence-corrected chi connectivity index (χ3v) is 7.21. The summed E-state index contributed by atoms with van der Waals surface area (Å²) in [6, 6.07) is 11.3. The minimum Gasteiger partial charge on any atom is -0.497 e. The number of methoxy groups -OCH3 is 1. The zero-order valence-corrected chi connectivity index (χ0v) is 18.5. The van der Waals surface area contributed by atoms with Crippen molar-refractivity contribution in [3.63, 3.8) is 0 Å². The van der Waals surface area contributed by atoms with E-state index >= 15 is 0 Å². The smallest absolute Gasteiger partial charge is 0.251 e. The Morgan fingerprint density at radius 2 is 1.71 bits per heavy atom. The molecule has 0 bridgehead atoms. The van der Waals surface area contributed by atoms with Gasteiger partial charge in [0.2, 0.25) is 15.9 Å². The third-order valence-electron chi connectivity index (χ3n) is 5.17. The molecule has 0 atom stereocenters. The molecule has 1 aliphatic rings. The van der Waals surface area contributed by atoms with Crippen molar-refractivity contribution in [1.29, 1.82) is 0 Å². The molecule has 1 aliphatic heterocycles. The van der Waals surface area contributed by atoms with Gasteiger partial charge in [-0.1, -0.05) is 12.5 Å². The Labute approximate surface area is 182 Å². The Bertz CT molecular complexity index is 1050. The van der Waals surface area contributed by atoms with E-state index in [0.29, 0.717) is 35.7 Å². The summed E-state index contributed by atoms with van der Waals surface area (Å²) in [5.74, 6) is -0.217. The fraction of sp³-hybridized carbons (Fsp3) is 0.364. The maximum absolute atomic E-state index is 13.0. The molecule has 1 fully saturated rings. The van der Waals surface area contributed by atoms with Crippen LogP contribution in [0, 0.1) is 6.92 Å². The second-order valence-electron chi connectivity index (χ2n) is 7.40. The van der Waals surface area contributed by atoms with Gasteiger partial charge in [0.15, 0.2) is 0 Å². The summed E-state index contributed by atoms with van der Waals surface area (Å²) in [5, 5.41) is 5.20. The number of benzene rings is 2. The molecule has 2 amide bonds. The Morgan fingerprint density at radius 3 is 2.35 bits per heavy atom. The first-order valence-electron chi connectivity index (χ1n) is 10.1. The van der Waals surface area contributed by atoms with Crippen LogP contribution in [0.3, 0.4) is 0 Å². The van der Waals surface area contributed by atoms with Crippen molar-refractivity contribution in [3.05, 3.63) is 53.6 Å². The summed E-state index contributed by atoms with van der Waals surface area (Å²) in [7, 11) is -2.08. The summed E-state index contributed by atoms with van der Waals surface area (Å²) in [6.07, 6.45) is 2.73. The molecule has 1 heterocycles. The highest BCUT2D eigenvalue weighted by Gasteiger charge is 2.27. The highest BCUT2D eigenvalue weighted by atomic mass is 32.2. The van der Waals surface area contributed by atoms with E-state index in [4.69, 9.17) is 4.74 Å². The topological polar surface area (TPSA) is 105 Å². The molecule has 0 aliphatic carbocycles. The number of nitrogens with zero attached hydrogens (tertiary/aromatic N) is 1. The SMILES string of the molecule is COc1ccc(C(=O)NCC(=O)Nc2ccc(C)c(S(=O)(=O)N3CCCCC3)c2)cc1. The van der Waals surface area contributed by atoms with E-state index in [0.717, 1.165) is 19.3 Å². The number of nitrogens with one attached hydrogen (secondary N) is 2. The zero-order chi connectivity index (χ0) is 22.4. The van der Waals surface area contributed by atoms with E-state index < -0.39 is 21.8 Å². The van der Waals surface area contributed by atoms with Gasteiger partial charge in [0.05, 0.1) is 18.6 Å². The molecule has 9 heteroatoms. The standard InChI is InChI=1S/C22H27N3O5S/c1-16-6-9-18(14-20(16)31(28,29)25-12-4-3-5-13-25)24-21(26)15-23-22(27)17-7-10-19(30-2)11-8-17/h6-11,14H,3-5,12-13,15H2,1-2H3,(H,23,27)(H,24,26). The molecule has 2 aromatic rings. The lowest BCUT2D eigenvalue weighted by Gasteiger charge is -2.26. The summed E-state index contributed by atoms with van der Waals surface area (Å²) in [4.78, 5) is 24.7. The van der Waals surface area contributed by atoms with Gasteiger partial charge >= 0.3 is 0 Å². The van der Waals surface area contributed by atoms with Gasteiger partial charge in [-0.15, -0.1) is 0 Å². The molecule has 0 radical (unpaired) electrons. The lowest BCUT2D eigenvalue weighted by atomic mass is 10.2. The first-order chi connectivity index (χ1) is 14.8. The van der Waals surface area contributed by atoms with E-state index in [1.807, 2.05) is 0 Å². The van der Waals surface area contributed by atoms with Crippen molar-refractivity contribution in [2.45, 2.75) is 31.1 Å². The predicted octanol–water partition coefficient (Wildman–Crippen LogP) is 2.55. The number of carbonyl (C=O) groups excluding carboxylic acids is 2. The van der Waals surface area contributed by atoms with Gasteiger partial charge in [-0.2, -0.15) is 4.31 Å². The normalized spacial score (nSPS) is 14.6. The van der Waals surface area contributed by atoms with Gasteiger partial charge in [0.1, 0.15) is 5.75 Å². The summed E-state index contributed by atoms with van der Waals surface area (Å²) in [6.45, 7) is 2.51. The Kier molecular flexibility index (Phi) is 7.29. The van der Waals surface area contributed by atoms with Crippen LogP contribution >= 0.6 is 0 Å². The molecule has 31 heavy (non-hydrogen) atoms. The van der Waals surface area contributed by atoms with Gasteiger partial charge < -0.3 is 15.4 Å². The average molecular weight is 446 g/mol. The predicted molar refractivity (Wildman–Crippen MR) is 118 cm³/mol. The van der Waals surface area contributed by atoms with Crippen molar-refractivity contribution in [1.82, 2.24) is 9.62 Å². The number of rotatable bonds is 7. The lowest BCUT2D eigenvalue weighted by molar-refractivity contribution is -0.115. The summed E-state index contributed by atoms with van der Waals surface area (Å²) in [5.41, 5.74) is 1.39. The van der Waals surface area contributed by atoms with Gasteiger partial charge in [-0.3, -0.25) is 9.59 Å². The quantitative estimate of drug-likeness (QED) is 0.682. The largest absolute Gasteiger partial charge is 0.497 e. The summed E-state index contributed by atoms with van der Waals surface area (Å²) >= 11 is 0. The molecule has 0 aromatic heterocycles. The van der Waals surface area contributed by atoms with E-state index in [-0.39, 0.29) is 11.4 Å². The second-order valence-corrected chi connectivity index (χ2v) is 9.31. The number of aryl methyl sites for hydroxylation is 1. The van der Waals surface area contributed by atoms with Crippen LogP contribution in [0.5, 0.6) is 5.75 Å². The number of hydrogen-bond acceptors (Lipinski definition) is 5. The maximum atomic E-state index is 13.0. The van der Waals surface area contributed by atoms with Gasteiger partial charge in [-0.05, 0) is 61.7 Å². The van der Waals surface area contributed by atoms with E-state index in [9.17, 15) is 18.0 Å². The van der Waals surface area contributed by atoms with Gasteiger partial charge in [0, 0.05) is 24.3 Å². The minimum atomic E-state index is -3.62. The molecule has 8 nitrogen and oxygen atoms in total. The monoisotopic (exact) mass is 445 g/mol. The van der Waals surface area contributed by atoms with Crippen molar-refractivity contribution in [2.75, 3.05) is 32.1 Å². The molecule has 2 aromatic carbocycles. The fourth-order valence-corrected chi connectivity index (χ4v) is 5.18. The van der Waals surface area contributed by atoms with Crippen molar-refractivity contribution < 1.29 is 22.7 Å². The van der Waals surface area contributed by atoms with Gasteiger partial charge in [0.25, 0.3) is 5.91 Å². The minimum absolute atomic E-state index is 0.189. The fourth-order valence-electron chi connectivity index (χ4n) is 3.41. The van der Waals surface area contributed by atoms with Crippen LogP contribution in [-0.2, 0) is 14.8 Å². The van der Waals surface area contributed by atoms with E-state index in [2.05, 4.69) is 10.6 Å². The number of anilines is 1. The number of ether oxygens (including phenoxy) is 1. The number of carbonyl (C=O) groups is 2. The maximum Gasteiger partial charge on any atom is 0.251 e. The van der Waals surface area contributed by atoms with Crippen LogP contribution < -0.4 is 15.4 Å². The highest BCUT2D eigenvalue weighted by molar-refractivity contribution is 7.89. The Hall–Kier alpha value is -2.91. The van der Waals surface area contributed by atoms with E-state index in [1.54, 1.807) is 43.3 Å². The Balaban J connectivity index is 1.63. The molecule has 2 N–H and O–H groups in total. The average Bonchev–Trinajstić information content (AvgIpc) is 2.79. The van der Waals surface area contributed by atoms with Crippen molar-refractivity contribution >= 4 is 27.5 Å². The lowest BCUT2D eigenvalue weighted by Crippen LogP contribution is -2.36. The van der Waals surface area contributed by atoms with Crippen LogP contribution in [0.15, 0.2) is 47.4 Å². The van der Waals surface area contributed by atoms with Crippen molar-refractivity contribution in [3.8, 4) is 5.75 Å². The van der Waals surface area contributed by atoms with Crippen LogP contribution in [0.2, 0.25) is 0 Å².